The maximum absolute atomic E-state index is 13.7. The van der Waals surface area contributed by atoms with Gasteiger partial charge in [-0.2, -0.15) is 0 Å². The summed E-state index contributed by atoms with van der Waals surface area (Å²) >= 11 is 0. The lowest BCUT2D eigenvalue weighted by atomic mass is 9.91. The average molecular weight is 243 g/mol. The lowest BCUT2D eigenvalue weighted by Crippen LogP contribution is -2.45. The number of aliphatic hydroxyl groups excluding tert-OH is 1. The van der Waals surface area contributed by atoms with E-state index >= 15 is 0 Å². The Labute approximate surface area is 101 Å². The van der Waals surface area contributed by atoms with Crippen LogP contribution in [0.5, 0.6) is 0 Å². The van der Waals surface area contributed by atoms with Gasteiger partial charge in [-0.25, -0.2) is 8.78 Å². The maximum atomic E-state index is 13.7. The second-order valence-corrected chi connectivity index (χ2v) is 4.86. The topological polar surface area (TPSA) is 32.3 Å². The molecule has 0 aliphatic carbocycles. The first-order chi connectivity index (χ1) is 7.90. The summed E-state index contributed by atoms with van der Waals surface area (Å²) in [6.07, 6.45) is 0. The van der Waals surface area contributed by atoms with Crippen molar-refractivity contribution in [3.63, 3.8) is 0 Å². The van der Waals surface area contributed by atoms with Crippen molar-refractivity contribution in [2.45, 2.75) is 26.3 Å². The van der Waals surface area contributed by atoms with Crippen LogP contribution in [-0.4, -0.2) is 18.3 Å². The van der Waals surface area contributed by atoms with E-state index in [1.54, 1.807) is 6.92 Å². The van der Waals surface area contributed by atoms with Crippen molar-refractivity contribution in [2.24, 2.45) is 5.92 Å². The molecule has 17 heavy (non-hydrogen) atoms. The van der Waals surface area contributed by atoms with Gasteiger partial charge in [0.05, 0.1) is 12.1 Å². The average Bonchev–Trinajstić information content (AvgIpc) is 2.26. The van der Waals surface area contributed by atoms with Crippen molar-refractivity contribution in [3.8, 4) is 0 Å². The van der Waals surface area contributed by atoms with Gasteiger partial charge in [0.25, 0.3) is 0 Å². The molecular formula is C13H19F2NO. The van der Waals surface area contributed by atoms with Crippen LogP contribution in [0.2, 0.25) is 0 Å². The summed E-state index contributed by atoms with van der Waals surface area (Å²) in [6.45, 7) is 5.78. The second kappa shape index (κ2) is 5.56. The normalized spacial score (nSPS) is 15.0. The Bertz CT molecular complexity index is 361. The molecule has 0 aliphatic heterocycles. The van der Waals surface area contributed by atoms with Gasteiger partial charge < -0.3 is 10.4 Å². The monoisotopic (exact) mass is 243 g/mol. The molecule has 0 fully saturated rings. The van der Waals surface area contributed by atoms with Crippen LogP contribution in [0.3, 0.4) is 0 Å². The number of rotatable bonds is 5. The van der Waals surface area contributed by atoms with Crippen LogP contribution in [0, 0.1) is 17.6 Å². The molecule has 96 valence electrons. The highest BCUT2D eigenvalue weighted by Gasteiger charge is 2.31. The highest BCUT2D eigenvalue weighted by atomic mass is 19.1. The molecule has 1 rings (SSSR count). The summed E-state index contributed by atoms with van der Waals surface area (Å²) in [5, 5.41) is 12.4. The molecule has 0 aromatic heterocycles. The van der Waals surface area contributed by atoms with Gasteiger partial charge in [0.15, 0.2) is 0 Å². The second-order valence-electron chi connectivity index (χ2n) is 4.86. The van der Waals surface area contributed by atoms with Gasteiger partial charge in [0, 0.05) is 5.56 Å². The van der Waals surface area contributed by atoms with Crippen molar-refractivity contribution >= 4 is 0 Å². The molecule has 4 heteroatoms. The number of aliphatic hydroxyl groups is 1. The van der Waals surface area contributed by atoms with Crippen molar-refractivity contribution in [3.05, 3.63) is 35.4 Å². The van der Waals surface area contributed by atoms with Gasteiger partial charge in [-0.05, 0) is 31.5 Å². The molecule has 1 aromatic carbocycles. The molecule has 1 unspecified atom stereocenters. The van der Waals surface area contributed by atoms with Gasteiger partial charge >= 0.3 is 0 Å². The maximum Gasteiger partial charge on any atom is 0.131 e. The minimum Gasteiger partial charge on any atom is -0.394 e. The summed E-state index contributed by atoms with van der Waals surface area (Å²) in [4.78, 5) is 0. The summed E-state index contributed by atoms with van der Waals surface area (Å²) in [5.41, 5.74) is -1.21. The highest BCUT2D eigenvalue weighted by molar-refractivity contribution is 5.27. The third-order valence-corrected chi connectivity index (χ3v) is 2.73. The van der Waals surface area contributed by atoms with Gasteiger partial charge in [-0.1, -0.05) is 19.9 Å². The van der Waals surface area contributed by atoms with Crippen LogP contribution >= 0.6 is 0 Å². The predicted octanol–water partition coefficient (Wildman–Crippen LogP) is 2.42. The van der Waals surface area contributed by atoms with E-state index in [0.29, 0.717) is 12.5 Å². The molecule has 2 nitrogen and oxygen atoms in total. The Hall–Kier alpha value is -1.00. The van der Waals surface area contributed by atoms with Gasteiger partial charge in [-0.15, -0.1) is 0 Å². The van der Waals surface area contributed by atoms with Crippen molar-refractivity contribution in [1.82, 2.24) is 5.32 Å². The van der Waals surface area contributed by atoms with Gasteiger partial charge in [0.1, 0.15) is 11.6 Å². The molecule has 0 bridgehead atoms. The van der Waals surface area contributed by atoms with Crippen LogP contribution in [0.1, 0.15) is 26.3 Å². The van der Waals surface area contributed by atoms with Gasteiger partial charge in [0.2, 0.25) is 0 Å². The molecule has 1 atom stereocenters. The quantitative estimate of drug-likeness (QED) is 0.832. The van der Waals surface area contributed by atoms with E-state index in [2.05, 4.69) is 5.32 Å². The third kappa shape index (κ3) is 3.23. The molecular weight excluding hydrogens is 224 g/mol. The first kappa shape index (κ1) is 14.1. The smallest absolute Gasteiger partial charge is 0.131 e. The molecule has 0 saturated carbocycles. The lowest BCUT2D eigenvalue weighted by Gasteiger charge is -2.31. The van der Waals surface area contributed by atoms with E-state index in [0.717, 1.165) is 0 Å². The van der Waals surface area contributed by atoms with Crippen LogP contribution < -0.4 is 5.32 Å². The number of benzene rings is 1. The zero-order valence-corrected chi connectivity index (χ0v) is 10.4. The van der Waals surface area contributed by atoms with Crippen molar-refractivity contribution < 1.29 is 13.9 Å². The zero-order valence-electron chi connectivity index (χ0n) is 10.4. The van der Waals surface area contributed by atoms with Crippen LogP contribution in [0.4, 0.5) is 8.78 Å². The van der Waals surface area contributed by atoms with Crippen LogP contribution in [0.15, 0.2) is 18.2 Å². The highest BCUT2D eigenvalue weighted by Crippen LogP contribution is 2.26. The zero-order chi connectivity index (χ0) is 13.1. The lowest BCUT2D eigenvalue weighted by molar-refractivity contribution is 0.163. The Morgan fingerprint density at radius 1 is 1.29 bits per heavy atom. The number of hydrogen-bond acceptors (Lipinski definition) is 2. The summed E-state index contributed by atoms with van der Waals surface area (Å²) in [7, 11) is 0. The Balaban J connectivity index is 3.07. The summed E-state index contributed by atoms with van der Waals surface area (Å²) < 4.78 is 27.3. The molecule has 0 spiro atoms. The molecule has 0 radical (unpaired) electrons. The van der Waals surface area contributed by atoms with Gasteiger partial charge in [-0.3, -0.25) is 0 Å². The third-order valence-electron chi connectivity index (χ3n) is 2.73. The predicted molar refractivity (Wildman–Crippen MR) is 63.6 cm³/mol. The van der Waals surface area contributed by atoms with E-state index in [9.17, 15) is 13.9 Å². The van der Waals surface area contributed by atoms with Crippen LogP contribution in [0.25, 0.3) is 0 Å². The Kier molecular flexibility index (Phi) is 4.60. The van der Waals surface area contributed by atoms with E-state index in [4.69, 9.17) is 0 Å². The molecule has 0 aliphatic rings. The fraction of sp³-hybridized carbons (Fsp3) is 0.538. The Morgan fingerprint density at radius 2 is 1.82 bits per heavy atom. The van der Waals surface area contributed by atoms with E-state index in [-0.39, 0.29) is 12.2 Å². The Morgan fingerprint density at radius 3 is 2.24 bits per heavy atom. The molecule has 2 N–H and O–H groups in total. The molecule has 0 saturated heterocycles. The van der Waals surface area contributed by atoms with Crippen LogP contribution in [-0.2, 0) is 5.54 Å². The van der Waals surface area contributed by atoms with Crippen molar-refractivity contribution in [2.75, 3.05) is 13.2 Å². The number of nitrogens with one attached hydrogen (secondary N) is 1. The minimum absolute atomic E-state index is 0.108. The number of hydrogen-bond donors (Lipinski definition) is 2. The summed E-state index contributed by atoms with van der Waals surface area (Å²) in [5.74, 6) is -0.952. The SMILES string of the molecule is CC(C)CNC(C)(CO)c1c(F)cccc1F. The standard InChI is InChI=1S/C13H19F2NO/c1-9(2)7-16-13(3,8-17)12-10(14)5-4-6-11(12)15/h4-6,9,16-17H,7-8H2,1-3H3. The van der Waals surface area contributed by atoms with E-state index < -0.39 is 17.2 Å². The van der Waals surface area contributed by atoms with Crippen molar-refractivity contribution in [1.29, 1.82) is 0 Å². The molecule has 1 aromatic rings. The minimum atomic E-state index is -1.10. The fourth-order valence-electron chi connectivity index (χ4n) is 1.68. The first-order valence-electron chi connectivity index (χ1n) is 5.71. The largest absolute Gasteiger partial charge is 0.394 e. The molecule has 0 heterocycles. The summed E-state index contributed by atoms with van der Waals surface area (Å²) in [6, 6.07) is 3.71. The van der Waals surface area contributed by atoms with E-state index in [1.165, 1.54) is 18.2 Å². The first-order valence-corrected chi connectivity index (χ1v) is 5.71. The van der Waals surface area contributed by atoms with E-state index in [1.807, 2.05) is 13.8 Å². The fourth-order valence-corrected chi connectivity index (χ4v) is 1.68. The number of halogens is 2. The molecule has 0 amide bonds.